The number of hydrogen-bond donors (Lipinski definition) is 1. The van der Waals surface area contributed by atoms with Crippen molar-refractivity contribution in [2.45, 2.75) is 13.1 Å². The lowest BCUT2D eigenvalue weighted by molar-refractivity contribution is 0.0327. The highest BCUT2D eigenvalue weighted by Gasteiger charge is 2.19. The van der Waals surface area contributed by atoms with E-state index < -0.39 is 0 Å². The van der Waals surface area contributed by atoms with E-state index in [-0.39, 0.29) is 11.2 Å². The Morgan fingerprint density at radius 1 is 1.13 bits per heavy atom. The van der Waals surface area contributed by atoms with Crippen molar-refractivity contribution < 1.29 is 9.84 Å². The molecule has 0 saturated carbocycles. The van der Waals surface area contributed by atoms with E-state index in [1.165, 1.54) is 0 Å². The van der Waals surface area contributed by atoms with Crippen LogP contribution < -0.4 is 5.43 Å². The molecule has 0 bridgehead atoms. The van der Waals surface area contributed by atoms with Gasteiger partial charge in [0.15, 0.2) is 5.75 Å². The van der Waals surface area contributed by atoms with Gasteiger partial charge in [-0.25, -0.2) is 0 Å². The summed E-state index contributed by atoms with van der Waals surface area (Å²) >= 11 is 1.98. The van der Waals surface area contributed by atoms with E-state index in [2.05, 4.69) is 9.80 Å². The summed E-state index contributed by atoms with van der Waals surface area (Å²) in [6.07, 6.45) is 0. The molecule has 2 aliphatic heterocycles. The van der Waals surface area contributed by atoms with Crippen LogP contribution in [0.1, 0.15) is 11.4 Å². The molecule has 0 spiro atoms. The zero-order chi connectivity index (χ0) is 16.2. The second kappa shape index (κ2) is 7.70. The Morgan fingerprint density at radius 2 is 1.78 bits per heavy atom. The first kappa shape index (κ1) is 16.8. The van der Waals surface area contributed by atoms with Crippen molar-refractivity contribution in [2.24, 2.45) is 7.05 Å². The van der Waals surface area contributed by atoms with E-state index >= 15 is 0 Å². The van der Waals surface area contributed by atoms with E-state index in [0.29, 0.717) is 25.5 Å². The Kier molecular flexibility index (Phi) is 5.63. The number of hydrogen-bond acceptors (Lipinski definition) is 6. The highest BCUT2D eigenvalue weighted by atomic mass is 32.2. The molecule has 128 valence electrons. The number of pyridine rings is 1. The fourth-order valence-electron chi connectivity index (χ4n) is 3.08. The van der Waals surface area contributed by atoms with Gasteiger partial charge in [-0.05, 0) is 0 Å². The summed E-state index contributed by atoms with van der Waals surface area (Å²) in [6.45, 7) is 6.55. The first-order valence-corrected chi connectivity index (χ1v) is 9.31. The van der Waals surface area contributed by atoms with E-state index in [1.807, 2.05) is 23.4 Å². The quantitative estimate of drug-likeness (QED) is 0.861. The highest BCUT2D eigenvalue weighted by molar-refractivity contribution is 7.99. The van der Waals surface area contributed by atoms with Crippen LogP contribution in [0.15, 0.2) is 10.9 Å². The number of thioether (sulfide) groups is 1. The molecule has 2 aliphatic rings. The van der Waals surface area contributed by atoms with Crippen LogP contribution >= 0.6 is 11.8 Å². The van der Waals surface area contributed by atoms with Gasteiger partial charge in [-0.15, -0.1) is 0 Å². The van der Waals surface area contributed by atoms with Gasteiger partial charge in [0.05, 0.1) is 18.9 Å². The molecule has 23 heavy (non-hydrogen) atoms. The fraction of sp³-hybridized carbons (Fsp3) is 0.688. The summed E-state index contributed by atoms with van der Waals surface area (Å²) in [5, 5.41) is 10.2. The molecule has 3 heterocycles. The smallest absolute Gasteiger partial charge is 0.223 e. The Bertz CT molecular complexity index is 593. The molecule has 0 aliphatic carbocycles. The molecule has 0 unspecified atom stereocenters. The predicted octanol–water partition coefficient (Wildman–Crippen LogP) is 0.472. The van der Waals surface area contributed by atoms with Gasteiger partial charge >= 0.3 is 0 Å². The third-order valence-electron chi connectivity index (χ3n) is 4.61. The van der Waals surface area contributed by atoms with Gasteiger partial charge in [0.25, 0.3) is 0 Å². The van der Waals surface area contributed by atoms with Gasteiger partial charge in [-0.1, -0.05) is 0 Å². The maximum absolute atomic E-state index is 12.2. The second-order valence-electron chi connectivity index (χ2n) is 6.13. The average molecular weight is 339 g/mol. The number of nitrogens with zero attached hydrogens (tertiary/aromatic N) is 3. The van der Waals surface area contributed by atoms with E-state index in [1.54, 1.807) is 6.07 Å². The minimum Gasteiger partial charge on any atom is -0.503 e. The van der Waals surface area contributed by atoms with Crippen molar-refractivity contribution >= 4 is 11.8 Å². The molecule has 0 amide bonds. The number of morpholine rings is 1. The molecule has 3 rings (SSSR count). The highest BCUT2D eigenvalue weighted by Crippen LogP contribution is 2.19. The van der Waals surface area contributed by atoms with Gasteiger partial charge in [0.2, 0.25) is 5.43 Å². The monoisotopic (exact) mass is 339 g/mol. The zero-order valence-corrected chi connectivity index (χ0v) is 14.5. The van der Waals surface area contributed by atoms with Gasteiger partial charge in [-0.3, -0.25) is 14.6 Å². The predicted molar refractivity (Wildman–Crippen MR) is 92.0 cm³/mol. The zero-order valence-electron chi connectivity index (χ0n) is 13.7. The normalized spacial score (nSPS) is 20.7. The first-order chi connectivity index (χ1) is 11.1. The largest absolute Gasteiger partial charge is 0.503 e. The Balaban J connectivity index is 1.81. The van der Waals surface area contributed by atoms with Crippen LogP contribution in [0.4, 0.5) is 0 Å². The lowest BCUT2D eigenvalue weighted by atomic mass is 10.2. The Labute approximate surface area is 141 Å². The van der Waals surface area contributed by atoms with Crippen molar-refractivity contribution in [3.05, 3.63) is 27.7 Å². The number of aromatic nitrogens is 1. The SMILES string of the molecule is Cn1c(CN2CCSCC2)cc(=O)c(O)c1CN1CCOCC1. The standard InChI is InChI=1S/C16H25N3O3S/c1-17-13(11-19-4-8-23-9-5-19)10-15(20)16(21)14(17)12-18-2-6-22-7-3-18/h10,21H,2-9,11-12H2,1H3. The molecule has 2 fully saturated rings. The molecular formula is C16H25N3O3S. The van der Waals surface area contributed by atoms with Crippen LogP contribution in [0.5, 0.6) is 5.75 Å². The molecule has 0 aromatic carbocycles. The number of aromatic hydroxyl groups is 1. The third kappa shape index (κ3) is 4.09. The summed E-state index contributed by atoms with van der Waals surface area (Å²) < 4.78 is 7.36. The lowest BCUT2D eigenvalue weighted by Crippen LogP contribution is -2.37. The molecule has 7 heteroatoms. The van der Waals surface area contributed by atoms with E-state index in [0.717, 1.165) is 49.9 Å². The van der Waals surface area contributed by atoms with Crippen LogP contribution in [0.3, 0.4) is 0 Å². The van der Waals surface area contributed by atoms with Crippen molar-refractivity contribution in [3.63, 3.8) is 0 Å². The first-order valence-electron chi connectivity index (χ1n) is 8.16. The molecule has 1 N–H and O–H groups in total. The number of rotatable bonds is 4. The Hall–Kier alpha value is -1.02. The molecular weight excluding hydrogens is 314 g/mol. The van der Waals surface area contributed by atoms with Crippen molar-refractivity contribution in [1.29, 1.82) is 0 Å². The fourth-order valence-corrected chi connectivity index (χ4v) is 4.06. The van der Waals surface area contributed by atoms with Gasteiger partial charge in [0, 0.05) is 69.6 Å². The van der Waals surface area contributed by atoms with Crippen LogP contribution in [0, 0.1) is 0 Å². The Morgan fingerprint density at radius 3 is 2.48 bits per heavy atom. The minimum absolute atomic E-state index is 0.114. The summed E-state index contributed by atoms with van der Waals surface area (Å²) in [6, 6.07) is 1.58. The summed E-state index contributed by atoms with van der Waals surface area (Å²) in [4.78, 5) is 16.8. The van der Waals surface area contributed by atoms with Gasteiger partial charge in [0.1, 0.15) is 0 Å². The van der Waals surface area contributed by atoms with E-state index in [9.17, 15) is 9.90 Å². The third-order valence-corrected chi connectivity index (χ3v) is 5.55. The van der Waals surface area contributed by atoms with Crippen molar-refractivity contribution in [1.82, 2.24) is 14.4 Å². The summed E-state index contributed by atoms with van der Waals surface area (Å²) in [7, 11) is 1.95. The van der Waals surface area contributed by atoms with Crippen LogP contribution in [0.25, 0.3) is 0 Å². The summed E-state index contributed by atoms with van der Waals surface area (Å²) in [5.41, 5.74) is 1.41. The van der Waals surface area contributed by atoms with Crippen LogP contribution in [-0.4, -0.2) is 70.4 Å². The molecule has 0 radical (unpaired) electrons. The molecule has 6 nitrogen and oxygen atoms in total. The van der Waals surface area contributed by atoms with Crippen LogP contribution in [0.2, 0.25) is 0 Å². The van der Waals surface area contributed by atoms with Crippen LogP contribution in [-0.2, 0) is 24.9 Å². The topological polar surface area (TPSA) is 57.9 Å². The lowest BCUT2D eigenvalue weighted by Gasteiger charge is -2.30. The number of ether oxygens (including phenoxy) is 1. The molecule has 2 saturated heterocycles. The molecule has 1 aromatic rings. The maximum atomic E-state index is 12.2. The van der Waals surface area contributed by atoms with Gasteiger partial charge < -0.3 is 14.4 Å². The average Bonchev–Trinajstić information content (AvgIpc) is 2.58. The molecule has 1 aromatic heterocycles. The van der Waals surface area contributed by atoms with E-state index in [4.69, 9.17) is 4.74 Å². The maximum Gasteiger partial charge on any atom is 0.223 e. The van der Waals surface area contributed by atoms with Crippen molar-refractivity contribution in [3.8, 4) is 5.75 Å². The summed E-state index contributed by atoms with van der Waals surface area (Å²) in [5.74, 6) is 2.18. The van der Waals surface area contributed by atoms with Crippen molar-refractivity contribution in [2.75, 3.05) is 50.9 Å². The molecule has 0 atom stereocenters. The second-order valence-corrected chi connectivity index (χ2v) is 7.36. The van der Waals surface area contributed by atoms with Gasteiger partial charge in [-0.2, -0.15) is 11.8 Å². The minimum atomic E-state index is -0.271.